The van der Waals surface area contributed by atoms with Gasteiger partial charge in [-0.3, -0.25) is 4.98 Å². The number of rotatable bonds is 8. The molecule has 4 unspecified atom stereocenters. The predicted molar refractivity (Wildman–Crippen MR) is 110 cm³/mol. The number of hydrogen-bond acceptors (Lipinski definition) is 9. The number of hydrogen-bond donors (Lipinski definition) is 4. The summed E-state index contributed by atoms with van der Waals surface area (Å²) >= 11 is -7.45. The molecule has 0 bridgehead atoms. The Labute approximate surface area is 219 Å². The van der Waals surface area contributed by atoms with Crippen molar-refractivity contribution in [2.75, 3.05) is 0 Å². The Balaban J connectivity index is -0.000000172. The predicted octanol–water partition coefficient (Wildman–Crippen LogP) is 2.24. The Morgan fingerprint density at radius 1 is 0.677 bits per heavy atom. The zero-order chi connectivity index (χ0) is 24.4. The molecule has 0 saturated carbocycles. The van der Waals surface area contributed by atoms with Gasteiger partial charge in [0.05, 0.1) is 0 Å². The Bertz CT molecular complexity index is 422. The van der Waals surface area contributed by atoms with Gasteiger partial charge in [-0.2, -0.15) is 0 Å². The van der Waals surface area contributed by atoms with Crippen LogP contribution in [0.15, 0.2) is 30.6 Å². The Morgan fingerprint density at radius 2 is 0.903 bits per heavy atom. The molecule has 1 rings (SSSR count). The van der Waals surface area contributed by atoms with Crippen LogP contribution in [0.5, 0.6) is 0 Å². The van der Waals surface area contributed by atoms with Gasteiger partial charge in [-0.15, -0.1) is 0 Å². The molecule has 18 heteroatoms. The second kappa shape index (κ2) is 23.2. The molecular weight excluding hydrogens is 930 g/mol. The van der Waals surface area contributed by atoms with Gasteiger partial charge >= 0.3 is 186 Å². The minimum atomic E-state index is -4.53. The largest absolute Gasteiger partial charge is 2.00 e. The standard InChI is InChI=1S/C5H5N.2C4H12AsN2O4.ClH.2Pt/c1-2-4-6-5-3-1;2*1-3(6)10-5(8,9)11-4(2)7;;;/h1-5H;2*3-4,6-9H,1-2H3;1H;;/q;2*-2;;+1;+2/p-1. The second-order valence-corrected chi connectivity index (χ2v) is 10.9. The van der Waals surface area contributed by atoms with Crippen LogP contribution in [0.3, 0.4) is 0 Å². The minimum absolute atomic E-state index is 0. The number of aromatic nitrogens is 1. The van der Waals surface area contributed by atoms with E-state index in [9.17, 15) is 0 Å². The van der Waals surface area contributed by atoms with Crippen LogP contribution >= 0.6 is 9.42 Å². The van der Waals surface area contributed by atoms with Gasteiger partial charge in [-0.25, -0.2) is 0 Å². The van der Waals surface area contributed by atoms with Crippen LogP contribution in [0.1, 0.15) is 27.7 Å². The van der Waals surface area contributed by atoms with Crippen LogP contribution in [0.2, 0.25) is 0 Å². The van der Waals surface area contributed by atoms with Crippen molar-refractivity contribution in [2.24, 2.45) is 0 Å². The summed E-state index contributed by atoms with van der Waals surface area (Å²) in [7, 11) is 4.61. The molecule has 0 fully saturated rings. The molecule has 0 saturated heterocycles. The molecule has 8 N–H and O–H groups in total. The van der Waals surface area contributed by atoms with E-state index in [0.29, 0.717) is 0 Å². The zero-order valence-corrected chi connectivity index (χ0v) is 26.0. The monoisotopic (exact) mass is 958 g/mol. The van der Waals surface area contributed by atoms with E-state index in [-0.39, 0.29) is 21.1 Å². The molecule has 1 aromatic rings. The molecule has 193 valence electrons. The van der Waals surface area contributed by atoms with Crippen molar-refractivity contribution in [1.29, 1.82) is 0 Å². The van der Waals surface area contributed by atoms with Crippen LogP contribution in [-0.4, -0.2) is 76.1 Å². The molecule has 1 aromatic heterocycles. The molecule has 31 heavy (non-hydrogen) atoms. The maximum Gasteiger partial charge on any atom is 2.00 e. The van der Waals surface area contributed by atoms with Gasteiger partial charge in [0, 0.05) is 12.4 Å². The summed E-state index contributed by atoms with van der Waals surface area (Å²) < 4.78 is 53.0. The fraction of sp³-hybridized carbons (Fsp3) is 0.615. The van der Waals surface area contributed by atoms with Crippen LogP contribution in [0.4, 0.5) is 0 Å². The van der Waals surface area contributed by atoms with E-state index in [2.05, 4.69) is 29.3 Å². The van der Waals surface area contributed by atoms with Crippen molar-refractivity contribution in [1.82, 2.24) is 4.98 Å². The first kappa shape index (κ1) is 39.7. The van der Waals surface area contributed by atoms with Gasteiger partial charge in [-0.1, -0.05) is 6.07 Å². The van der Waals surface area contributed by atoms with E-state index in [4.69, 9.17) is 39.3 Å². The quantitative estimate of drug-likeness (QED) is 0.280. The average molecular weight is 959 g/mol. The second-order valence-electron chi connectivity index (χ2n) is 5.00. The van der Waals surface area contributed by atoms with E-state index in [0.717, 1.165) is 0 Å². The summed E-state index contributed by atoms with van der Waals surface area (Å²) in [5.41, 5.74) is 27.3. The Morgan fingerprint density at radius 3 is 1.00 bits per heavy atom. The van der Waals surface area contributed by atoms with Gasteiger partial charge in [-0.05, 0) is 12.1 Å². The molecule has 0 aliphatic carbocycles. The molecule has 0 aliphatic heterocycles. The van der Waals surface area contributed by atoms with E-state index in [1.165, 1.54) is 27.7 Å². The Kier molecular flexibility index (Phi) is 29.7. The third-order valence-electron chi connectivity index (χ3n) is 1.75. The average Bonchev–Trinajstić information content (AvgIpc) is 2.54. The van der Waals surface area contributed by atoms with Gasteiger partial charge in [0.1, 0.15) is 0 Å². The molecule has 0 aromatic carbocycles. The number of pyridine rings is 1. The Hall–Kier alpha value is 1.45. The van der Waals surface area contributed by atoms with Crippen molar-refractivity contribution in [3.8, 4) is 0 Å². The van der Waals surface area contributed by atoms with E-state index >= 15 is 0 Å². The topological polar surface area (TPSA) is 226 Å². The summed E-state index contributed by atoms with van der Waals surface area (Å²) in [4.78, 5) is 3.78. The molecule has 1 heterocycles. The zero-order valence-electron chi connectivity index (χ0n) is 17.0. The maximum atomic E-state index is 8.90. The molecule has 0 aliphatic rings. The van der Waals surface area contributed by atoms with Gasteiger partial charge in [0.25, 0.3) is 0 Å². The number of nitrogens with zero attached hydrogens (tertiary/aromatic N) is 1. The summed E-state index contributed by atoms with van der Waals surface area (Å²) in [6.07, 6.45) is -0.681. The van der Waals surface area contributed by atoms with Gasteiger partial charge in [0.15, 0.2) is 0 Å². The summed E-state index contributed by atoms with van der Waals surface area (Å²) in [5.74, 6) is 0. The summed E-state index contributed by atoms with van der Waals surface area (Å²) in [6.45, 7) is 5.34. The van der Waals surface area contributed by atoms with E-state index < -0.39 is 54.7 Å². The van der Waals surface area contributed by atoms with Gasteiger partial charge < -0.3 is 0 Å². The molecule has 4 atom stereocenters. The molecule has 13 nitrogen and oxygen atoms in total. The minimum Gasteiger partial charge on any atom is -0.265 e. The molecular formula is C13H29As2ClN5O8Pt2-2. The summed E-state index contributed by atoms with van der Waals surface area (Å²) in [6, 6.07) is 5.72. The fourth-order valence-corrected chi connectivity index (χ4v) is 4.85. The normalized spacial score (nSPS) is 14.5. The first-order valence-corrected chi connectivity index (χ1v) is 17.1. The first-order chi connectivity index (χ1) is 13.7. The van der Waals surface area contributed by atoms with Crippen LogP contribution in [0.25, 0.3) is 22.9 Å². The molecule has 0 spiro atoms. The smallest absolute Gasteiger partial charge is 0.265 e. The number of nitrogens with one attached hydrogen (secondary N) is 4. The van der Waals surface area contributed by atoms with Crippen LogP contribution in [0, 0.1) is 0 Å². The summed E-state index contributed by atoms with van der Waals surface area (Å²) in [5, 5.41) is 0. The van der Waals surface area contributed by atoms with Crippen molar-refractivity contribution < 1.29 is 71.1 Å². The molecule has 0 amide bonds. The molecule has 2 radical (unpaired) electrons. The van der Waals surface area contributed by atoms with Crippen LogP contribution < -0.4 is 0 Å². The van der Waals surface area contributed by atoms with Crippen molar-refractivity contribution in [2.45, 2.75) is 52.6 Å². The van der Waals surface area contributed by atoms with Crippen molar-refractivity contribution >= 4 is 39.3 Å². The third-order valence-corrected chi connectivity index (χ3v) is 6.71. The van der Waals surface area contributed by atoms with Crippen LogP contribution in [-0.2, 0) is 54.7 Å². The van der Waals surface area contributed by atoms with E-state index in [1.807, 2.05) is 18.2 Å². The van der Waals surface area contributed by atoms with Crippen molar-refractivity contribution in [3.63, 3.8) is 0 Å². The van der Waals surface area contributed by atoms with Crippen molar-refractivity contribution in [3.05, 3.63) is 53.5 Å². The third kappa shape index (κ3) is 36.2. The van der Waals surface area contributed by atoms with E-state index in [1.54, 1.807) is 31.2 Å². The van der Waals surface area contributed by atoms with Gasteiger partial charge in [0.2, 0.25) is 0 Å². The fourth-order valence-electron chi connectivity index (χ4n) is 1.19. The maximum absolute atomic E-state index is 8.90. The first-order valence-electron chi connectivity index (χ1n) is 7.91. The number of halogens is 1. The SMILES string of the molecule is CC([NH-])O[As](O)(O)OC(C)[NH-].CC([NH-])O[As](O)(O)OC(C)[NH-].[Cl][Pt].[Pt+2].c1ccncc1.